The van der Waals surface area contributed by atoms with Gasteiger partial charge in [-0.15, -0.1) is 0 Å². The average Bonchev–Trinajstić information content (AvgIpc) is 2.95. The van der Waals surface area contributed by atoms with E-state index in [4.69, 9.17) is 9.47 Å². The van der Waals surface area contributed by atoms with Crippen LogP contribution in [-0.2, 0) is 9.53 Å². The van der Waals surface area contributed by atoms with E-state index in [-0.39, 0.29) is 11.9 Å². The summed E-state index contributed by atoms with van der Waals surface area (Å²) in [5.41, 5.74) is 1.25. The van der Waals surface area contributed by atoms with Crippen LogP contribution in [0.15, 0.2) is 24.3 Å². The van der Waals surface area contributed by atoms with Crippen LogP contribution in [0.2, 0.25) is 0 Å². The van der Waals surface area contributed by atoms with Gasteiger partial charge in [0.2, 0.25) is 5.91 Å². The zero-order valence-corrected chi connectivity index (χ0v) is 13.7. The Labute approximate surface area is 132 Å². The average molecular weight is 306 g/mol. The predicted molar refractivity (Wildman–Crippen MR) is 86.0 cm³/mol. The number of methoxy groups -OCH3 is 2. The lowest BCUT2D eigenvalue weighted by Gasteiger charge is -2.25. The number of hydrogen-bond donors (Lipinski definition) is 1. The predicted octanol–water partition coefficient (Wildman–Crippen LogP) is 1.98. The van der Waals surface area contributed by atoms with Crippen LogP contribution in [0.3, 0.4) is 0 Å². The first-order valence-electron chi connectivity index (χ1n) is 7.80. The van der Waals surface area contributed by atoms with Crippen LogP contribution in [0.25, 0.3) is 0 Å². The van der Waals surface area contributed by atoms with Crippen molar-refractivity contribution in [2.45, 2.75) is 31.8 Å². The molecule has 22 heavy (non-hydrogen) atoms. The molecule has 122 valence electrons. The second-order valence-electron chi connectivity index (χ2n) is 5.83. The Kier molecular flexibility index (Phi) is 6.21. The zero-order valence-electron chi connectivity index (χ0n) is 13.7. The smallest absolute Gasteiger partial charge is 0.234 e. The van der Waals surface area contributed by atoms with E-state index in [1.807, 2.05) is 19.1 Å². The van der Waals surface area contributed by atoms with Gasteiger partial charge in [-0.3, -0.25) is 9.69 Å². The normalized spacial score (nSPS) is 19.9. The first kappa shape index (κ1) is 16.8. The minimum Gasteiger partial charge on any atom is -0.497 e. The van der Waals surface area contributed by atoms with Crippen molar-refractivity contribution in [1.29, 1.82) is 0 Å². The van der Waals surface area contributed by atoms with Gasteiger partial charge >= 0.3 is 0 Å². The van der Waals surface area contributed by atoms with Crippen LogP contribution in [-0.4, -0.2) is 50.8 Å². The molecule has 0 spiro atoms. The number of amides is 1. The molecule has 1 aromatic rings. The molecule has 5 heteroatoms. The van der Waals surface area contributed by atoms with Gasteiger partial charge in [0.15, 0.2) is 0 Å². The lowest BCUT2D eigenvalue weighted by molar-refractivity contribution is -0.123. The Morgan fingerprint density at radius 2 is 2.09 bits per heavy atom. The second-order valence-corrected chi connectivity index (χ2v) is 5.83. The van der Waals surface area contributed by atoms with Crippen molar-refractivity contribution in [2.75, 3.05) is 33.9 Å². The maximum absolute atomic E-state index is 12.1. The molecule has 1 fully saturated rings. The van der Waals surface area contributed by atoms with Gasteiger partial charge in [0.25, 0.3) is 0 Å². The standard InChI is InChI=1S/C17H26N2O3/c1-13(12-21-2)18-17(20)11-19-10-4-5-16(19)14-6-8-15(22-3)9-7-14/h6-9,13,16H,4-5,10-12H2,1-3H3,(H,18,20). The number of nitrogens with one attached hydrogen (secondary N) is 1. The number of likely N-dealkylation sites (tertiary alicyclic amines) is 1. The second kappa shape index (κ2) is 8.15. The first-order chi connectivity index (χ1) is 10.6. The summed E-state index contributed by atoms with van der Waals surface area (Å²) in [6.07, 6.45) is 2.21. The van der Waals surface area contributed by atoms with Gasteiger partial charge in [-0.1, -0.05) is 12.1 Å². The maximum atomic E-state index is 12.1. The minimum atomic E-state index is 0.0412. The summed E-state index contributed by atoms with van der Waals surface area (Å²) in [6.45, 7) is 3.88. The summed E-state index contributed by atoms with van der Waals surface area (Å²) in [4.78, 5) is 14.4. The highest BCUT2D eigenvalue weighted by atomic mass is 16.5. The van der Waals surface area contributed by atoms with Crippen LogP contribution < -0.4 is 10.1 Å². The summed E-state index contributed by atoms with van der Waals surface area (Å²) < 4.78 is 10.2. The fraction of sp³-hybridized carbons (Fsp3) is 0.588. The minimum absolute atomic E-state index is 0.0412. The third kappa shape index (κ3) is 4.45. The molecule has 2 rings (SSSR count). The molecule has 1 amide bonds. The van der Waals surface area contributed by atoms with Crippen LogP contribution in [0.1, 0.15) is 31.4 Å². The van der Waals surface area contributed by atoms with Gasteiger partial charge in [-0.05, 0) is 44.0 Å². The Morgan fingerprint density at radius 3 is 2.73 bits per heavy atom. The Bertz CT molecular complexity index is 475. The molecule has 2 unspecified atom stereocenters. The Morgan fingerprint density at radius 1 is 1.36 bits per heavy atom. The molecule has 1 saturated heterocycles. The molecule has 1 aliphatic heterocycles. The number of carbonyl (C=O) groups excluding carboxylic acids is 1. The van der Waals surface area contributed by atoms with Crippen molar-refractivity contribution in [1.82, 2.24) is 10.2 Å². The van der Waals surface area contributed by atoms with E-state index in [0.29, 0.717) is 19.2 Å². The zero-order chi connectivity index (χ0) is 15.9. The van der Waals surface area contributed by atoms with Crippen LogP contribution in [0.5, 0.6) is 5.75 Å². The molecule has 1 N–H and O–H groups in total. The number of hydrogen-bond acceptors (Lipinski definition) is 4. The summed E-state index contributed by atoms with van der Waals surface area (Å²) >= 11 is 0. The highest BCUT2D eigenvalue weighted by Gasteiger charge is 2.27. The first-order valence-corrected chi connectivity index (χ1v) is 7.80. The Hall–Kier alpha value is -1.59. The molecule has 1 aliphatic rings. The monoisotopic (exact) mass is 306 g/mol. The van der Waals surface area contributed by atoms with Gasteiger partial charge in [0, 0.05) is 19.2 Å². The van der Waals surface area contributed by atoms with E-state index in [9.17, 15) is 4.79 Å². The van der Waals surface area contributed by atoms with Crippen LogP contribution in [0.4, 0.5) is 0 Å². The molecule has 0 aliphatic carbocycles. The maximum Gasteiger partial charge on any atom is 0.234 e. The molecule has 1 heterocycles. The quantitative estimate of drug-likeness (QED) is 0.837. The highest BCUT2D eigenvalue weighted by molar-refractivity contribution is 5.78. The number of ether oxygens (including phenoxy) is 2. The SMILES string of the molecule is COCC(C)NC(=O)CN1CCCC1c1ccc(OC)cc1. The molecule has 2 atom stereocenters. The molecule has 1 aromatic carbocycles. The lowest BCUT2D eigenvalue weighted by atomic mass is 10.0. The van der Waals surface area contributed by atoms with E-state index in [0.717, 1.165) is 25.1 Å². The molecule has 0 bridgehead atoms. The van der Waals surface area contributed by atoms with Gasteiger partial charge in [-0.25, -0.2) is 0 Å². The molecule has 0 saturated carbocycles. The number of benzene rings is 1. The summed E-state index contributed by atoms with van der Waals surface area (Å²) in [6, 6.07) is 8.49. The fourth-order valence-corrected chi connectivity index (χ4v) is 3.02. The van der Waals surface area contributed by atoms with Crippen molar-refractivity contribution >= 4 is 5.91 Å². The van der Waals surface area contributed by atoms with Crippen molar-refractivity contribution in [3.05, 3.63) is 29.8 Å². The highest BCUT2D eigenvalue weighted by Crippen LogP contribution is 2.32. The number of nitrogens with zero attached hydrogens (tertiary/aromatic N) is 1. The van der Waals surface area contributed by atoms with Crippen molar-refractivity contribution < 1.29 is 14.3 Å². The summed E-state index contributed by atoms with van der Waals surface area (Å²) in [7, 11) is 3.31. The van der Waals surface area contributed by atoms with Gasteiger partial charge in [0.1, 0.15) is 5.75 Å². The van der Waals surface area contributed by atoms with Crippen LogP contribution >= 0.6 is 0 Å². The van der Waals surface area contributed by atoms with Gasteiger partial charge in [-0.2, -0.15) is 0 Å². The van der Waals surface area contributed by atoms with Crippen LogP contribution in [0, 0.1) is 0 Å². The van der Waals surface area contributed by atoms with Gasteiger partial charge in [0.05, 0.1) is 20.3 Å². The molecule has 0 radical (unpaired) electrons. The van der Waals surface area contributed by atoms with E-state index in [2.05, 4.69) is 22.3 Å². The molecule has 0 aromatic heterocycles. The van der Waals surface area contributed by atoms with E-state index < -0.39 is 0 Å². The summed E-state index contributed by atoms with van der Waals surface area (Å²) in [5.74, 6) is 0.921. The van der Waals surface area contributed by atoms with E-state index in [1.165, 1.54) is 5.56 Å². The number of rotatable bonds is 7. The third-order valence-electron chi connectivity index (χ3n) is 4.03. The third-order valence-corrected chi connectivity index (χ3v) is 4.03. The van der Waals surface area contributed by atoms with Crippen molar-refractivity contribution in [2.24, 2.45) is 0 Å². The lowest BCUT2D eigenvalue weighted by Crippen LogP contribution is -2.42. The molecular formula is C17H26N2O3. The largest absolute Gasteiger partial charge is 0.497 e. The fourth-order valence-electron chi connectivity index (χ4n) is 3.02. The molecule has 5 nitrogen and oxygen atoms in total. The summed E-state index contributed by atoms with van der Waals surface area (Å²) in [5, 5.41) is 2.97. The van der Waals surface area contributed by atoms with Crippen molar-refractivity contribution in [3.63, 3.8) is 0 Å². The van der Waals surface area contributed by atoms with E-state index >= 15 is 0 Å². The topological polar surface area (TPSA) is 50.8 Å². The number of carbonyl (C=O) groups is 1. The van der Waals surface area contributed by atoms with Gasteiger partial charge < -0.3 is 14.8 Å². The molecular weight excluding hydrogens is 280 g/mol. The van der Waals surface area contributed by atoms with Crippen molar-refractivity contribution in [3.8, 4) is 5.75 Å². The van der Waals surface area contributed by atoms with E-state index in [1.54, 1.807) is 14.2 Å². The Balaban J connectivity index is 1.93.